The molecule has 86 valence electrons. The molecule has 0 atom stereocenters. The molecule has 2 aromatic heterocycles. The summed E-state index contributed by atoms with van der Waals surface area (Å²) in [4.78, 5) is 4.62. The molecule has 0 bridgehead atoms. The lowest BCUT2D eigenvalue weighted by Crippen LogP contribution is -2.12. The third-order valence-corrected chi connectivity index (χ3v) is 3.15. The van der Waals surface area contributed by atoms with Gasteiger partial charge in [-0.3, -0.25) is 4.40 Å². The fraction of sp³-hybridized carbons (Fsp3) is 0.462. The first-order valence-electron chi connectivity index (χ1n) is 5.51. The van der Waals surface area contributed by atoms with Gasteiger partial charge in [0.1, 0.15) is 10.4 Å². The summed E-state index contributed by atoms with van der Waals surface area (Å²) >= 11 is 3.53. The fourth-order valence-corrected chi connectivity index (χ4v) is 2.45. The van der Waals surface area contributed by atoms with Crippen LogP contribution in [0.5, 0.6) is 0 Å². The van der Waals surface area contributed by atoms with Crippen molar-refractivity contribution in [2.24, 2.45) is 5.41 Å². The smallest absolute Gasteiger partial charge is 0.132 e. The first kappa shape index (κ1) is 11.6. The molecule has 0 spiro atoms. The predicted molar refractivity (Wildman–Crippen MR) is 70.8 cm³/mol. The average Bonchev–Trinajstić information content (AvgIpc) is 2.42. The Balaban J connectivity index is 2.62. The quantitative estimate of drug-likeness (QED) is 0.772. The Hall–Kier alpha value is -0.830. The monoisotopic (exact) mass is 280 g/mol. The number of nitrogens with zero attached hydrogens (tertiary/aromatic N) is 2. The number of imidazole rings is 1. The number of aromatic nitrogens is 2. The van der Waals surface area contributed by atoms with Crippen molar-refractivity contribution in [1.29, 1.82) is 0 Å². The molecule has 0 radical (unpaired) electrons. The van der Waals surface area contributed by atoms with Gasteiger partial charge in [-0.1, -0.05) is 26.8 Å². The molecular weight excluding hydrogens is 264 g/mol. The van der Waals surface area contributed by atoms with E-state index < -0.39 is 0 Å². The number of rotatable bonds is 1. The van der Waals surface area contributed by atoms with Gasteiger partial charge in [-0.2, -0.15) is 0 Å². The normalized spacial score (nSPS) is 12.3. The van der Waals surface area contributed by atoms with Gasteiger partial charge in [0.05, 0.1) is 5.52 Å². The number of halogens is 1. The zero-order valence-corrected chi connectivity index (χ0v) is 11.8. The summed E-state index contributed by atoms with van der Waals surface area (Å²) in [7, 11) is 0. The number of pyridine rings is 1. The van der Waals surface area contributed by atoms with Crippen molar-refractivity contribution in [1.82, 2.24) is 9.38 Å². The van der Waals surface area contributed by atoms with Gasteiger partial charge in [-0.15, -0.1) is 0 Å². The van der Waals surface area contributed by atoms with E-state index in [1.165, 1.54) is 5.69 Å². The summed E-state index contributed by atoms with van der Waals surface area (Å²) in [5.41, 5.74) is 2.64. The molecule has 3 heteroatoms. The maximum atomic E-state index is 4.62. The SMILES string of the molecule is Cc1cccc2c(Br)nc(CC(C)(C)C)n12. The fourth-order valence-electron chi connectivity index (χ4n) is 1.93. The molecule has 0 saturated carbocycles. The van der Waals surface area contributed by atoms with Crippen LogP contribution < -0.4 is 0 Å². The van der Waals surface area contributed by atoms with Crippen LogP contribution in [-0.4, -0.2) is 9.38 Å². The van der Waals surface area contributed by atoms with E-state index in [1.54, 1.807) is 0 Å². The zero-order chi connectivity index (χ0) is 11.9. The van der Waals surface area contributed by atoms with Gasteiger partial charge < -0.3 is 0 Å². The molecule has 0 unspecified atom stereocenters. The van der Waals surface area contributed by atoms with Gasteiger partial charge in [-0.25, -0.2) is 4.98 Å². The molecule has 0 fully saturated rings. The summed E-state index contributed by atoms with van der Waals surface area (Å²) in [5, 5.41) is 0. The molecule has 2 nitrogen and oxygen atoms in total. The average molecular weight is 281 g/mol. The van der Waals surface area contributed by atoms with Crippen LogP contribution in [0.25, 0.3) is 5.52 Å². The summed E-state index contributed by atoms with van der Waals surface area (Å²) in [6.45, 7) is 8.83. The largest absolute Gasteiger partial charge is 0.300 e. The van der Waals surface area contributed by atoms with E-state index in [1.807, 2.05) is 0 Å². The minimum Gasteiger partial charge on any atom is -0.300 e. The summed E-state index contributed by atoms with van der Waals surface area (Å²) < 4.78 is 3.17. The van der Waals surface area contributed by atoms with E-state index in [9.17, 15) is 0 Å². The van der Waals surface area contributed by atoms with Crippen LogP contribution in [0.2, 0.25) is 0 Å². The Morgan fingerprint density at radius 1 is 1.31 bits per heavy atom. The molecule has 16 heavy (non-hydrogen) atoms. The number of fused-ring (bicyclic) bond motifs is 1. The van der Waals surface area contributed by atoms with Gasteiger partial charge in [0.15, 0.2) is 0 Å². The zero-order valence-electron chi connectivity index (χ0n) is 10.2. The Morgan fingerprint density at radius 2 is 2.00 bits per heavy atom. The highest BCUT2D eigenvalue weighted by molar-refractivity contribution is 9.10. The third-order valence-electron chi connectivity index (χ3n) is 2.57. The number of aryl methyl sites for hydroxylation is 1. The van der Waals surface area contributed by atoms with Crippen LogP contribution in [0, 0.1) is 12.3 Å². The second kappa shape index (κ2) is 3.88. The van der Waals surface area contributed by atoms with Crippen molar-refractivity contribution in [3.63, 3.8) is 0 Å². The highest BCUT2D eigenvalue weighted by Gasteiger charge is 2.17. The molecule has 0 aromatic carbocycles. The Bertz CT molecular complexity index is 520. The van der Waals surface area contributed by atoms with Gasteiger partial charge in [0, 0.05) is 12.1 Å². The van der Waals surface area contributed by atoms with Crippen molar-refractivity contribution in [3.05, 3.63) is 34.3 Å². The number of hydrogen-bond donors (Lipinski definition) is 0. The standard InChI is InChI=1S/C13H17BrN2/c1-9-6-5-7-10-12(14)15-11(16(9)10)8-13(2,3)4/h5-7H,8H2,1-4H3. The molecule has 0 amide bonds. The Labute approximate surface area is 105 Å². The van der Waals surface area contributed by atoms with E-state index in [0.29, 0.717) is 0 Å². The number of hydrogen-bond acceptors (Lipinski definition) is 1. The van der Waals surface area contributed by atoms with E-state index >= 15 is 0 Å². The van der Waals surface area contributed by atoms with E-state index in [0.717, 1.165) is 22.4 Å². The molecule has 0 N–H and O–H groups in total. The lowest BCUT2D eigenvalue weighted by molar-refractivity contribution is 0.399. The van der Waals surface area contributed by atoms with Gasteiger partial charge in [-0.05, 0) is 40.4 Å². The molecule has 0 aliphatic heterocycles. The van der Waals surface area contributed by atoms with Crippen molar-refractivity contribution >= 4 is 21.4 Å². The highest BCUT2D eigenvalue weighted by Crippen LogP contribution is 2.25. The van der Waals surface area contributed by atoms with Crippen LogP contribution in [-0.2, 0) is 6.42 Å². The molecule has 0 saturated heterocycles. The van der Waals surface area contributed by atoms with Crippen LogP contribution in [0.15, 0.2) is 22.8 Å². The first-order valence-corrected chi connectivity index (χ1v) is 6.30. The molecule has 0 aliphatic carbocycles. The molecule has 0 aliphatic rings. The van der Waals surface area contributed by atoms with Gasteiger partial charge >= 0.3 is 0 Å². The van der Waals surface area contributed by atoms with Crippen molar-refractivity contribution in [2.75, 3.05) is 0 Å². The molecule has 2 rings (SSSR count). The summed E-state index contributed by atoms with van der Waals surface area (Å²) in [6, 6.07) is 6.28. The maximum absolute atomic E-state index is 4.62. The Morgan fingerprint density at radius 3 is 2.62 bits per heavy atom. The van der Waals surface area contributed by atoms with E-state index in [2.05, 4.69) is 71.2 Å². The molecule has 2 heterocycles. The van der Waals surface area contributed by atoms with Crippen LogP contribution in [0.1, 0.15) is 32.3 Å². The minimum atomic E-state index is 0.253. The van der Waals surface area contributed by atoms with Crippen LogP contribution >= 0.6 is 15.9 Å². The summed E-state index contributed by atoms with van der Waals surface area (Å²) in [6.07, 6.45) is 0.977. The first-order chi connectivity index (χ1) is 7.38. The second-order valence-corrected chi connectivity index (χ2v) is 6.20. The van der Waals surface area contributed by atoms with E-state index in [4.69, 9.17) is 0 Å². The van der Waals surface area contributed by atoms with Crippen LogP contribution in [0.3, 0.4) is 0 Å². The predicted octanol–water partition coefficient (Wildman–Crippen LogP) is 3.99. The van der Waals surface area contributed by atoms with Crippen LogP contribution in [0.4, 0.5) is 0 Å². The molecular formula is C13H17BrN2. The van der Waals surface area contributed by atoms with Gasteiger partial charge in [0.2, 0.25) is 0 Å². The van der Waals surface area contributed by atoms with Gasteiger partial charge in [0.25, 0.3) is 0 Å². The van der Waals surface area contributed by atoms with Crippen molar-refractivity contribution in [3.8, 4) is 0 Å². The van der Waals surface area contributed by atoms with Crippen molar-refractivity contribution in [2.45, 2.75) is 34.1 Å². The highest BCUT2D eigenvalue weighted by atomic mass is 79.9. The lowest BCUT2D eigenvalue weighted by atomic mass is 9.92. The topological polar surface area (TPSA) is 17.3 Å². The summed E-state index contributed by atoms with van der Waals surface area (Å²) in [5.74, 6) is 1.13. The Kier molecular flexibility index (Phi) is 2.82. The minimum absolute atomic E-state index is 0.253. The maximum Gasteiger partial charge on any atom is 0.132 e. The van der Waals surface area contributed by atoms with E-state index in [-0.39, 0.29) is 5.41 Å². The lowest BCUT2D eigenvalue weighted by Gasteiger charge is -2.17. The third kappa shape index (κ3) is 2.14. The van der Waals surface area contributed by atoms with Crippen molar-refractivity contribution < 1.29 is 0 Å². The second-order valence-electron chi connectivity index (χ2n) is 5.44. The molecule has 2 aromatic rings.